The first-order valence-corrected chi connectivity index (χ1v) is 14.0. The lowest BCUT2D eigenvalue weighted by Gasteiger charge is -2.37. The molecule has 2 aromatic carbocycles. The predicted molar refractivity (Wildman–Crippen MR) is 159 cm³/mol. The standard InChI is InChI=1S/C26H30N8S2.2CH3/c1-3-31-17-19-35-25(31)29-27-21-5-9-23(10-6-21)33-13-15-34(16-14-33)24-11-7-22(8-12-24)28-30-26-32(4-2)18-20-36-26;;/h5-12,17-20H,3-4,13-16H2,1-2H3;2*1H3/q+2;2*-1. The summed E-state index contributed by atoms with van der Waals surface area (Å²) in [6.07, 6.45) is 4.07. The molecule has 2 aromatic heterocycles. The summed E-state index contributed by atoms with van der Waals surface area (Å²) in [5.41, 5.74) is 4.19. The zero-order valence-corrected chi connectivity index (χ0v) is 24.2. The van der Waals surface area contributed by atoms with Crippen molar-refractivity contribution in [1.29, 1.82) is 0 Å². The van der Waals surface area contributed by atoms with Gasteiger partial charge in [-0.2, -0.15) is 0 Å². The average molecular weight is 549 g/mol. The molecule has 200 valence electrons. The van der Waals surface area contributed by atoms with Crippen molar-refractivity contribution < 1.29 is 9.13 Å². The second-order valence-corrected chi connectivity index (χ2v) is 10.1. The smallest absolute Gasteiger partial charge is 0.368 e. The van der Waals surface area contributed by atoms with E-state index in [9.17, 15) is 0 Å². The summed E-state index contributed by atoms with van der Waals surface area (Å²) in [6.45, 7) is 9.91. The van der Waals surface area contributed by atoms with Crippen LogP contribution in [0.1, 0.15) is 13.8 Å². The highest BCUT2D eigenvalue weighted by Gasteiger charge is 2.18. The Kier molecular flexibility index (Phi) is 10.6. The van der Waals surface area contributed by atoms with Gasteiger partial charge in [-0.1, -0.05) is 0 Å². The Morgan fingerprint density at radius 3 is 1.32 bits per heavy atom. The van der Waals surface area contributed by atoms with Gasteiger partial charge < -0.3 is 24.7 Å². The Morgan fingerprint density at radius 1 is 0.605 bits per heavy atom. The number of rotatable bonds is 8. The molecule has 0 amide bonds. The average Bonchev–Trinajstić information content (AvgIpc) is 3.60. The van der Waals surface area contributed by atoms with Crippen molar-refractivity contribution in [3.63, 3.8) is 0 Å². The molecule has 0 saturated carbocycles. The molecule has 0 atom stereocenters. The lowest BCUT2D eigenvalue weighted by molar-refractivity contribution is -0.677. The van der Waals surface area contributed by atoms with Crippen LogP contribution in [0.15, 0.2) is 92.1 Å². The minimum absolute atomic E-state index is 0. The highest BCUT2D eigenvalue weighted by Crippen LogP contribution is 2.26. The number of aryl methyl sites for hydroxylation is 2. The van der Waals surface area contributed by atoms with Gasteiger partial charge in [0.25, 0.3) is 0 Å². The van der Waals surface area contributed by atoms with Crippen LogP contribution in [0, 0.1) is 14.9 Å². The molecule has 38 heavy (non-hydrogen) atoms. The van der Waals surface area contributed by atoms with E-state index in [1.165, 1.54) is 11.4 Å². The van der Waals surface area contributed by atoms with Gasteiger partial charge in [-0.25, -0.2) is 9.13 Å². The number of thiazole rings is 2. The van der Waals surface area contributed by atoms with E-state index in [0.717, 1.165) is 60.9 Å². The lowest BCUT2D eigenvalue weighted by atomic mass is 10.2. The molecule has 5 rings (SSSR count). The summed E-state index contributed by atoms with van der Waals surface area (Å²) in [5.74, 6) is 0. The third-order valence-corrected chi connectivity index (χ3v) is 7.78. The Hall–Kier alpha value is -3.50. The van der Waals surface area contributed by atoms with Crippen molar-refractivity contribution in [2.75, 3.05) is 36.0 Å². The maximum absolute atomic E-state index is 4.41. The summed E-state index contributed by atoms with van der Waals surface area (Å²) in [6, 6.07) is 16.7. The SMILES string of the molecule is CC[n+]1ccsc1N=Nc1ccc(N2CCN(c3ccc(N=Nc4scc[n+]4CC)cc3)CC2)cc1.[CH3-].[CH3-]. The molecular formula is C28H36N8S2. The van der Waals surface area contributed by atoms with Crippen molar-refractivity contribution in [1.82, 2.24) is 0 Å². The van der Waals surface area contributed by atoms with Crippen molar-refractivity contribution in [3.05, 3.63) is 86.5 Å². The molecule has 0 spiro atoms. The minimum Gasteiger partial charge on any atom is -0.368 e. The van der Waals surface area contributed by atoms with Gasteiger partial charge in [0.2, 0.25) is 0 Å². The topological polar surface area (TPSA) is 63.7 Å². The van der Waals surface area contributed by atoms with Gasteiger partial charge >= 0.3 is 10.3 Å². The Balaban J connectivity index is 0.00000200. The number of nitrogens with zero attached hydrogens (tertiary/aromatic N) is 8. The molecule has 10 heteroatoms. The molecule has 4 aromatic rings. The number of piperazine rings is 1. The summed E-state index contributed by atoms with van der Waals surface area (Å²) in [7, 11) is 0. The fraction of sp³-hybridized carbons (Fsp3) is 0.286. The summed E-state index contributed by atoms with van der Waals surface area (Å²) in [5, 5.41) is 23.5. The first-order valence-electron chi connectivity index (χ1n) is 12.2. The van der Waals surface area contributed by atoms with Crippen molar-refractivity contribution in [2.24, 2.45) is 20.5 Å². The van der Waals surface area contributed by atoms with Crippen LogP contribution < -0.4 is 18.9 Å². The van der Waals surface area contributed by atoms with Crippen LogP contribution in [0.2, 0.25) is 0 Å². The van der Waals surface area contributed by atoms with E-state index in [0.29, 0.717) is 0 Å². The zero-order chi connectivity index (χ0) is 24.7. The maximum Gasteiger partial charge on any atom is 0.408 e. The number of azo groups is 2. The fourth-order valence-electron chi connectivity index (χ4n) is 4.12. The molecule has 1 aliphatic rings. The fourth-order valence-corrected chi connectivity index (χ4v) is 5.61. The van der Waals surface area contributed by atoms with Gasteiger partial charge in [0.1, 0.15) is 23.8 Å². The molecule has 0 radical (unpaired) electrons. The molecular weight excluding hydrogens is 512 g/mol. The summed E-state index contributed by atoms with van der Waals surface area (Å²) >= 11 is 3.20. The van der Waals surface area contributed by atoms with Crippen molar-refractivity contribution in [3.8, 4) is 0 Å². The van der Waals surface area contributed by atoms with Gasteiger partial charge in [-0.15, -0.1) is 0 Å². The number of hydrogen-bond acceptors (Lipinski definition) is 8. The number of anilines is 2. The molecule has 1 fully saturated rings. The van der Waals surface area contributed by atoms with E-state index < -0.39 is 0 Å². The highest BCUT2D eigenvalue weighted by molar-refractivity contribution is 7.13. The van der Waals surface area contributed by atoms with Gasteiger partial charge in [-0.3, -0.25) is 0 Å². The summed E-state index contributed by atoms with van der Waals surface area (Å²) < 4.78 is 4.18. The molecule has 0 unspecified atom stereocenters. The van der Waals surface area contributed by atoms with E-state index in [1.807, 2.05) is 47.4 Å². The first kappa shape index (κ1) is 29.1. The first-order chi connectivity index (χ1) is 17.7. The van der Waals surface area contributed by atoms with E-state index in [1.54, 1.807) is 22.7 Å². The van der Waals surface area contributed by atoms with E-state index in [2.05, 4.69) is 77.5 Å². The van der Waals surface area contributed by atoms with Crippen LogP contribution in [0.5, 0.6) is 0 Å². The normalized spacial score (nSPS) is 13.6. The Morgan fingerprint density at radius 2 is 0.974 bits per heavy atom. The lowest BCUT2D eigenvalue weighted by Crippen LogP contribution is -2.46. The summed E-state index contributed by atoms with van der Waals surface area (Å²) in [4.78, 5) is 4.85. The molecule has 1 saturated heterocycles. The van der Waals surface area contributed by atoms with Gasteiger partial charge in [0, 0.05) is 48.3 Å². The highest BCUT2D eigenvalue weighted by atomic mass is 32.1. The number of hydrogen-bond donors (Lipinski definition) is 0. The molecule has 0 N–H and O–H groups in total. The van der Waals surface area contributed by atoms with Crippen LogP contribution in [-0.4, -0.2) is 26.2 Å². The Labute approximate surface area is 234 Å². The van der Waals surface area contributed by atoms with Crippen LogP contribution in [0.4, 0.5) is 33.0 Å². The monoisotopic (exact) mass is 548 g/mol. The van der Waals surface area contributed by atoms with Crippen LogP contribution >= 0.6 is 22.7 Å². The van der Waals surface area contributed by atoms with Gasteiger partial charge in [0.15, 0.2) is 0 Å². The van der Waals surface area contributed by atoms with Crippen molar-refractivity contribution >= 4 is 55.7 Å². The second kappa shape index (κ2) is 13.9. The molecule has 1 aliphatic heterocycles. The third-order valence-electron chi connectivity index (χ3n) is 6.21. The molecule has 3 heterocycles. The van der Waals surface area contributed by atoms with Gasteiger partial charge in [0.05, 0.1) is 23.3 Å². The minimum atomic E-state index is 0. The number of aromatic nitrogens is 2. The quantitative estimate of drug-likeness (QED) is 0.130. The van der Waals surface area contributed by atoms with Crippen LogP contribution in [0.25, 0.3) is 0 Å². The second-order valence-electron chi connectivity index (χ2n) is 8.35. The third kappa shape index (κ3) is 6.87. The molecule has 0 aliphatic carbocycles. The van der Waals surface area contributed by atoms with Crippen molar-refractivity contribution in [2.45, 2.75) is 26.9 Å². The maximum atomic E-state index is 4.41. The van der Waals surface area contributed by atoms with E-state index in [4.69, 9.17) is 0 Å². The van der Waals surface area contributed by atoms with Crippen LogP contribution in [0.3, 0.4) is 0 Å². The predicted octanol–water partition coefficient (Wildman–Crippen LogP) is 7.48. The Bertz CT molecular complexity index is 1210. The molecule has 8 nitrogen and oxygen atoms in total. The van der Waals surface area contributed by atoms with Crippen LogP contribution in [-0.2, 0) is 13.1 Å². The van der Waals surface area contributed by atoms with E-state index in [-0.39, 0.29) is 14.9 Å². The zero-order valence-electron chi connectivity index (χ0n) is 22.6. The largest absolute Gasteiger partial charge is 0.408 e. The van der Waals surface area contributed by atoms with Gasteiger partial charge in [-0.05, 0) is 95.3 Å². The van der Waals surface area contributed by atoms with E-state index >= 15 is 0 Å². The number of benzene rings is 2. The molecule has 0 bridgehead atoms.